The summed E-state index contributed by atoms with van der Waals surface area (Å²) in [5.41, 5.74) is 2.92. The number of aryl methyl sites for hydroxylation is 1. The van der Waals surface area contributed by atoms with Gasteiger partial charge in [-0.3, -0.25) is 4.98 Å². The van der Waals surface area contributed by atoms with Gasteiger partial charge in [-0.05, 0) is 25.5 Å². The SMILES string of the molecule is CCCNc1nsnc1-c1ccc(C)nc1. The average Bonchev–Trinajstić information content (AvgIpc) is 2.75. The van der Waals surface area contributed by atoms with Gasteiger partial charge in [-0.25, -0.2) is 0 Å². The van der Waals surface area contributed by atoms with Crippen molar-refractivity contribution >= 4 is 17.5 Å². The number of rotatable bonds is 4. The van der Waals surface area contributed by atoms with Gasteiger partial charge in [0.2, 0.25) is 0 Å². The topological polar surface area (TPSA) is 50.7 Å². The highest BCUT2D eigenvalue weighted by Crippen LogP contribution is 2.25. The molecule has 0 saturated heterocycles. The number of hydrogen-bond donors (Lipinski definition) is 1. The first-order valence-corrected chi connectivity index (χ1v) is 6.03. The lowest BCUT2D eigenvalue weighted by Gasteiger charge is -2.03. The fourth-order valence-corrected chi connectivity index (χ4v) is 1.89. The zero-order valence-electron chi connectivity index (χ0n) is 9.40. The van der Waals surface area contributed by atoms with Crippen molar-refractivity contribution in [1.29, 1.82) is 0 Å². The van der Waals surface area contributed by atoms with Crippen molar-refractivity contribution in [2.75, 3.05) is 11.9 Å². The molecule has 0 fully saturated rings. The molecule has 16 heavy (non-hydrogen) atoms. The second-order valence-corrected chi connectivity index (χ2v) is 4.10. The second kappa shape index (κ2) is 5.03. The van der Waals surface area contributed by atoms with Crippen molar-refractivity contribution in [2.45, 2.75) is 20.3 Å². The van der Waals surface area contributed by atoms with E-state index in [0.717, 1.165) is 35.7 Å². The maximum atomic E-state index is 4.30. The Balaban J connectivity index is 2.26. The molecule has 0 atom stereocenters. The minimum Gasteiger partial charge on any atom is -0.367 e. The molecule has 2 aromatic rings. The van der Waals surface area contributed by atoms with Gasteiger partial charge in [-0.2, -0.15) is 8.75 Å². The third-order valence-corrected chi connectivity index (χ3v) is 2.74. The summed E-state index contributed by atoms with van der Waals surface area (Å²) in [6, 6.07) is 4.01. The maximum absolute atomic E-state index is 4.30. The van der Waals surface area contributed by atoms with Crippen LogP contribution in [0.25, 0.3) is 11.3 Å². The Labute approximate surface area is 99.1 Å². The highest BCUT2D eigenvalue weighted by atomic mass is 32.1. The lowest BCUT2D eigenvalue weighted by Crippen LogP contribution is -2.01. The molecule has 0 saturated carbocycles. The summed E-state index contributed by atoms with van der Waals surface area (Å²) in [7, 11) is 0. The van der Waals surface area contributed by atoms with Gasteiger partial charge in [0.1, 0.15) is 5.69 Å². The number of anilines is 1. The molecule has 2 heterocycles. The Kier molecular flexibility index (Phi) is 3.46. The van der Waals surface area contributed by atoms with Gasteiger partial charge in [0.05, 0.1) is 11.7 Å². The van der Waals surface area contributed by atoms with E-state index >= 15 is 0 Å². The molecule has 0 bridgehead atoms. The number of nitrogens with zero attached hydrogens (tertiary/aromatic N) is 3. The lowest BCUT2D eigenvalue weighted by atomic mass is 10.2. The van der Waals surface area contributed by atoms with Gasteiger partial charge < -0.3 is 5.32 Å². The fraction of sp³-hybridized carbons (Fsp3) is 0.364. The molecule has 0 unspecified atom stereocenters. The summed E-state index contributed by atoms with van der Waals surface area (Å²) in [6.45, 7) is 5.01. The van der Waals surface area contributed by atoms with Crippen molar-refractivity contribution in [3.63, 3.8) is 0 Å². The smallest absolute Gasteiger partial charge is 0.168 e. The Hall–Kier alpha value is -1.49. The van der Waals surface area contributed by atoms with E-state index in [2.05, 4.69) is 26.0 Å². The molecule has 0 aliphatic carbocycles. The zero-order valence-corrected chi connectivity index (χ0v) is 10.2. The van der Waals surface area contributed by atoms with Crippen LogP contribution in [0.3, 0.4) is 0 Å². The largest absolute Gasteiger partial charge is 0.367 e. The van der Waals surface area contributed by atoms with Crippen LogP contribution in [0.2, 0.25) is 0 Å². The number of pyridine rings is 1. The zero-order chi connectivity index (χ0) is 11.4. The van der Waals surface area contributed by atoms with Crippen LogP contribution in [0.15, 0.2) is 18.3 Å². The van der Waals surface area contributed by atoms with Crippen LogP contribution >= 0.6 is 11.7 Å². The summed E-state index contributed by atoms with van der Waals surface area (Å²) in [5, 5.41) is 3.27. The van der Waals surface area contributed by atoms with E-state index < -0.39 is 0 Å². The van der Waals surface area contributed by atoms with E-state index in [1.165, 1.54) is 11.7 Å². The van der Waals surface area contributed by atoms with Crippen LogP contribution in [0.1, 0.15) is 19.0 Å². The molecule has 1 N–H and O–H groups in total. The van der Waals surface area contributed by atoms with Crippen molar-refractivity contribution in [3.8, 4) is 11.3 Å². The molecule has 0 aliphatic rings. The molecule has 2 aromatic heterocycles. The molecule has 0 amide bonds. The molecule has 0 spiro atoms. The summed E-state index contributed by atoms with van der Waals surface area (Å²) in [6.07, 6.45) is 2.91. The molecule has 0 aromatic carbocycles. The molecule has 0 radical (unpaired) electrons. The monoisotopic (exact) mass is 234 g/mol. The van der Waals surface area contributed by atoms with Gasteiger partial charge in [0.25, 0.3) is 0 Å². The Morgan fingerprint density at radius 1 is 1.31 bits per heavy atom. The van der Waals surface area contributed by atoms with Crippen LogP contribution in [0, 0.1) is 6.92 Å². The molecule has 84 valence electrons. The van der Waals surface area contributed by atoms with Gasteiger partial charge in [-0.15, -0.1) is 0 Å². The molecular weight excluding hydrogens is 220 g/mol. The predicted molar refractivity (Wildman–Crippen MR) is 66.7 cm³/mol. The van der Waals surface area contributed by atoms with Gasteiger partial charge in [0.15, 0.2) is 5.82 Å². The number of hydrogen-bond acceptors (Lipinski definition) is 5. The predicted octanol–water partition coefficient (Wildman–Crippen LogP) is 2.73. The lowest BCUT2D eigenvalue weighted by molar-refractivity contribution is 0.974. The van der Waals surface area contributed by atoms with Crippen LogP contribution in [-0.2, 0) is 0 Å². The first-order valence-electron chi connectivity index (χ1n) is 5.30. The van der Waals surface area contributed by atoms with E-state index in [0.29, 0.717) is 0 Å². The molecule has 5 heteroatoms. The van der Waals surface area contributed by atoms with Crippen molar-refractivity contribution in [1.82, 2.24) is 13.7 Å². The van der Waals surface area contributed by atoms with Crippen LogP contribution in [0.5, 0.6) is 0 Å². The van der Waals surface area contributed by atoms with Gasteiger partial charge in [0, 0.05) is 24.0 Å². The minimum atomic E-state index is 0.859. The Morgan fingerprint density at radius 3 is 2.88 bits per heavy atom. The summed E-state index contributed by atoms with van der Waals surface area (Å²) in [4.78, 5) is 4.27. The summed E-state index contributed by atoms with van der Waals surface area (Å²) in [5.74, 6) is 0.859. The Bertz CT molecular complexity index is 449. The van der Waals surface area contributed by atoms with Crippen molar-refractivity contribution in [3.05, 3.63) is 24.0 Å². The molecule has 0 aliphatic heterocycles. The quantitative estimate of drug-likeness (QED) is 0.883. The third kappa shape index (κ3) is 2.36. The van der Waals surface area contributed by atoms with E-state index in [1.54, 1.807) is 0 Å². The normalized spacial score (nSPS) is 10.4. The first-order chi connectivity index (χ1) is 7.81. The Morgan fingerprint density at radius 2 is 2.19 bits per heavy atom. The standard InChI is InChI=1S/C11H14N4S/c1-3-6-12-11-10(14-16-15-11)9-5-4-8(2)13-7-9/h4-5,7H,3,6H2,1-2H3,(H,12,15). The van der Waals surface area contributed by atoms with Crippen LogP contribution in [-0.4, -0.2) is 20.3 Å². The average molecular weight is 234 g/mol. The van der Waals surface area contributed by atoms with E-state index in [4.69, 9.17) is 0 Å². The second-order valence-electron chi connectivity index (χ2n) is 3.58. The molecule has 2 rings (SSSR count). The fourth-order valence-electron chi connectivity index (χ4n) is 1.35. The molecule has 4 nitrogen and oxygen atoms in total. The highest BCUT2D eigenvalue weighted by molar-refractivity contribution is 6.99. The van der Waals surface area contributed by atoms with Crippen LogP contribution < -0.4 is 5.32 Å². The van der Waals surface area contributed by atoms with Crippen LogP contribution in [0.4, 0.5) is 5.82 Å². The minimum absolute atomic E-state index is 0.859. The first kappa shape index (κ1) is 11.0. The summed E-state index contributed by atoms with van der Waals surface area (Å²) >= 11 is 1.23. The number of aromatic nitrogens is 3. The van der Waals surface area contributed by atoms with E-state index in [-0.39, 0.29) is 0 Å². The van der Waals surface area contributed by atoms with E-state index in [1.807, 2.05) is 25.3 Å². The highest BCUT2D eigenvalue weighted by Gasteiger charge is 2.09. The third-order valence-electron chi connectivity index (χ3n) is 2.22. The van der Waals surface area contributed by atoms with E-state index in [9.17, 15) is 0 Å². The maximum Gasteiger partial charge on any atom is 0.168 e. The summed E-state index contributed by atoms with van der Waals surface area (Å²) < 4.78 is 8.54. The number of nitrogens with one attached hydrogen (secondary N) is 1. The van der Waals surface area contributed by atoms with Gasteiger partial charge in [-0.1, -0.05) is 6.92 Å². The van der Waals surface area contributed by atoms with Crippen molar-refractivity contribution < 1.29 is 0 Å². The molecular formula is C11H14N4S. The van der Waals surface area contributed by atoms with Crippen molar-refractivity contribution in [2.24, 2.45) is 0 Å². The van der Waals surface area contributed by atoms with Gasteiger partial charge >= 0.3 is 0 Å².